The summed E-state index contributed by atoms with van der Waals surface area (Å²) >= 11 is 0. The first kappa shape index (κ1) is 12.7. The van der Waals surface area contributed by atoms with E-state index in [-0.39, 0.29) is 0 Å². The number of benzene rings is 1. The number of oxime groups is 1. The second-order valence-electron chi connectivity index (χ2n) is 4.94. The Morgan fingerprint density at radius 3 is 2.90 bits per heavy atom. The number of aromatic nitrogens is 2. The summed E-state index contributed by atoms with van der Waals surface area (Å²) in [4.78, 5) is 7.74. The zero-order chi connectivity index (χ0) is 13.9. The summed E-state index contributed by atoms with van der Waals surface area (Å²) in [7, 11) is 0. The SMILES string of the molecule is CCCCC(=NO)c1cc2c(cn1)[nH]c1ccccc12. The zero-order valence-electron chi connectivity index (χ0n) is 11.4. The summed E-state index contributed by atoms with van der Waals surface area (Å²) in [6.07, 6.45) is 4.61. The third kappa shape index (κ3) is 2.13. The smallest absolute Gasteiger partial charge is 0.105 e. The molecular weight excluding hydrogens is 250 g/mol. The van der Waals surface area contributed by atoms with E-state index >= 15 is 0 Å². The Hall–Kier alpha value is -2.36. The fraction of sp³-hybridized carbons (Fsp3) is 0.250. The van der Waals surface area contributed by atoms with Crippen LogP contribution in [0, 0.1) is 0 Å². The highest BCUT2D eigenvalue weighted by Gasteiger charge is 2.10. The minimum Gasteiger partial charge on any atom is -0.411 e. The molecule has 0 aliphatic rings. The summed E-state index contributed by atoms with van der Waals surface area (Å²) in [5.74, 6) is 0. The molecule has 1 aromatic carbocycles. The summed E-state index contributed by atoms with van der Waals surface area (Å²) in [5.41, 5.74) is 3.50. The van der Waals surface area contributed by atoms with Crippen molar-refractivity contribution in [1.82, 2.24) is 9.97 Å². The highest BCUT2D eigenvalue weighted by atomic mass is 16.4. The van der Waals surface area contributed by atoms with Crippen LogP contribution in [0.15, 0.2) is 41.7 Å². The van der Waals surface area contributed by atoms with Gasteiger partial charge in [0.2, 0.25) is 0 Å². The van der Waals surface area contributed by atoms with Crippen LogP contribution in [-0.4, -0.2) is 20.9 Å². The number of H-pyrrole nitrogens is 1. The molecule has 4 heteroatoms. The standard InChI is InChI=1S/C16H17N3O/c1-2-3-7-14(19-20)15-9-12-11-6-4-5-8-13(11)18-16(12)10-17-15/h4-6,8-10,18,20H,2-3,7H2,1H3. The van der Waals surface area contributed by atoms with Gasteiger partial charge >= 0.3 is 0 Å². The number of nitrogens with one attached hydrogen (secondary N) is 1. The van der Waals surface area contributed by atoms with Crippen LogP contribution in [0.1, 0.15) is 31.9 Å². The van der Waals surface area contributed by atoms with Crippen molar-refractivity contribution in [2.75, 3.05) is 0 Å². The Labute approximate surface area is 117 Å². The largest absolute Gasteiger partial charge is 0.411 e. The van der Waals surface area contributed by atoms with E-state index in [4.69, 9.17) is 0 Å². The zero-order valence-corrected chi connectivity index (χ0v) is 11.4. The molecule has 0 saturated heterocycles. The van der Waals surface area contributed by atoms with Crippen LogP contribution < -0.4 is 0 Å². The van der Waals surface area contributed by atoms with Gasteiger partial charge in [0.15, 0.2) is 0 Å². The van der Waals surface area contributed by atoms with E-state index in [9.17, 15) is 5.21 Å². The number of aromatic amines is 1. The summed E-state index contributed by atoms with van der Waals surface area (Å²) in [6, 6.07) is 10.2. The molecule has 3 aromatic rings. The Kier molecular flexibility index (Phi) is 3.37. The summed E-state index contributed by atoms with van der Waals surface area (Å²) in [5, 5.41) is 14.9. The highest BCUT2D eigenvalue weighted by molar-refractivity contribution is 6.10. The fourth-order valence-electron chi connectivity index (χ4n) is 2.48. The highest BCUT2D eigenvalue weighted by Crippen LogP contribution is 2.25. The second-order valence-corrected chi connectivity index (χ2v) is 4.94. The average Bonchev–Trinajstić information content (AvgIpc) is 2.86. The minimum absolute atomic E-state index is 0.652. The van der Waals surface area contributed by atoms with Gasteiger partial charge in [-0.2, -0.15) is 0 Å². The van der Waals surface area contributed by atoms with Gasteiger partial charge in [0.25, 0.3) is 0 Å². The van der Waals surface area contributed by atoms with Gasteiger partial charge in [-0.15, -0.1) is 0 Å². The molecule has 0 saturated carbocycles. The van der Waals surface area contributed by atoms with Gasteiger partial charge in [-0.05, 0) is 25.0 Å². The second kappa shape index (κ2) is 5.33. The van der Waals surface area contributed by atoms with E-state index in [1.807, 2.05) is 30.5 Å². The maximum Gasteiger partial charge on any atom is 0.105 e. The molecule has 3 rings (SSSR count). The maximum atomic E-state index is 9.18. The molecule has 0 aliphatic heterocycles. The third-order valence-electron chi connectivity index (χ3n) is 3.57. The lowest BCUT2D eigenvalue weighted by Gasteiger charge is -2.03. The molecule has 0 fully saturated rings. The third-order valence-corrected chi connectivity index (χ3v) is 3.57. The fourth-order valence-corrected chi connectivity index (χ4v) is 2.48. The number of unbranched alkanes of at least 4 members (excludes halogenated alkanes) is 1. The molecule has 0 amide bonds. The van der Waals surface area contributed by atoms with E-state index < -0.39 is 0 Å². The van der Waals surface area contributed by atoms with Crippen molar-refractivity contribution in [3.05, 3.63) is 42.2 Å². The number of hydrogen-bond acceptors (Lipinski definition) is 3. The van der Waals surface area contributed by atoms with E-state index in [0.717, 1.165) is 41.4 Å². The van der Waals surface area contributed by atoms with Crippen molar-refractivity contribution in [2.45, 2.75) is 26.2 Å². The number of pyridine rings is 1. The van der Waals surface area contributed by atoms with Crippen LogP contribution in [0.5, 0.6) is 0 Å². The van der Waals surface area contributed by atoms with Gasteiger partial charge in [0.05, 0.1) is 17.4 Å². The number of para-hydroxylation sites is 1. The molecule has 0 unspecified atom stereocenters. The van der Waals surface area contributed by atoms with Crippen LogP contribution in [0.25, 0.3) is 21.8 Å². The van der Waals surface area contributed by atoms with Crippen LogP contribution in [0.4, 0.5) is 0 Å². The van der Waals surface area contributed by atoms with Crippen molar-refractivity contribution in [2.24, 2.45) is 5.16 Å². The molecule has 0 aliphatic carbocycles. The molecule has 0 radical (unpaired) electrons. The molecular formula is C16H17N3O. The monoisotopic (exact) mass is 267 g/mol. The number of rotatable bonds is 4. The van der Waals surface area contributed by atoms with E-state index in [0.29, 0.717) is 5.71 Å². The molecule has 0 bridgehead atoms. The van der Waals surface area contributed by atoms with Gasteiger partial charge < -0.3 is 10.2 Å². The summed E-state index contributed by atoms with van der Waals surface area (Å²) in [6.45, 7) is 2.12. The van der Waals surface area contributed by atoms with Crippen molar-refractivity contribution in [3.8, 4) is 0 Å². The van der Waals surface area contributed by atoms with Crippen molar-refractivity contribution in [3.63, 3.8) is 0 Å². The predicted molar refractivity (Wildman–Crippen MR) is 81.4 cm³/mol. The number of nitrogens with zero attached hydrogens (tertiary/aromatic N) is 2. The first-order valence-corrected chi connectivity index (χ1v) is 6.91. The van der Waals surface area contributed by atoms with E-state index in [2.05, 4.69) is 28.1 Å². The van der Waals surface area contributed by atoms with Crippen molar-refractivity contribution in [1.29, 1.82) is 0 Å². The van der Waals surface area contributed by atoms with Gasteiger partial charge in [-0.1, -0.05) is 36.7 Å². The summed E-state index contributed by atoms with van der Waals surface area (Å²) < 4.78 is 0. The molecule has 2 aromatic heterocycles. The van der Waals surface area contributed by atoms with Crippen LogP contribution in [0.3, 0.4) is 0 Å². The van der Waals surface area contributed by atoms with Crippen LogP contribution in [0.2, 0.25) is 0 Å². The topological polar surface area (TPSA) is 61.3 Å². The first-order valence-electron chi connectivity index (χ1n) is 6.91. The van der Waals surface area contributed by atoms with Crippen molar-refractivity contribution < 1.29 is 5.21 Å². The molecule has 2 N–H and O–H groups in total. The Morgan fingerprint density at radius 1 is 1.25 bits per heavy atom. The van der Waals surface area contributed by atoms with Crippen molar-refractivity contribution >= 4 is 27.5 Å². The quantitative estimate of drug-likeness (QED) is 0.425. The van der Waals surface area contributed by atoms with Crippen LogP contribution in [-0.2, 0) is 0 Å². The van der Waals surface area contributed by atoms with Gasteiger partial charge in [-0.3, -0.25) is 4.98 Å². The van der Waals surface area contributed by atoms with Gasteiger partial charge in [0, 0.05) is 16.3 Å². The molecule has 2 heterocycles. The molecule has 4 nitrogen and oxygen atoms in total. The number of hydrogen-bond donors (Lipinski definition) is 2. The average molecular weight is 267 g/mol. The van der Waals surface area contributed by atoms with E-state index in [1.54, 1.807) is 0 Å². The lowest BCUT2D eigenvalue weighted by Crippen LogP contribution is -2.03. The predicted octanol–water partition coefficient (Wildman–Crippen LogP) is 4.08. The first-order chi connectivity index (χ1) is 9.83. The molecule has 0 spiro atoms. The molecule has 102 valence electrons. The van der Waals surface area contributed by atoms with Gasteiger partial charge in [0.1, 0.15) is 5.71 Å². The molecule has 20 heavy (non-hydrogen) atoms. The normalized spacial score (nSPS) is 12.3. The minimum atomic E-state index is 0.652. The maximum absolute atomic E-state index is 9.18. The Balaban J connectivity index is 2.11. The Morgan fingerprint density at radius 2 is 2.10 bits per heavy atom. The molecule has 0 atom stereocenters. The number of fused-ring (bicyclic) bond motifs is 3. The van der Waals surface area contributed by atoms with Gasteiger partial charge in [-0.25, -0.2) is 0 Å². The lowest BCUT2D eigenvalue weighted by atomic mass is 10.1. The Bertz CT molecular complexity index is 774. The lowest BCUT2D eigenvalue weighted by molar-refractivity contribution is 0.317. The van der Waals surface area contributed by atoms with Crippen LogP contribution >= 0.6 is 0 Å². The van der Waals surface area contributed by atoms with E-state index in [1.165, 1.54) is 5.39 Å².